The molecule has 0 spiro atoms. The molecule has 18 nitrogen and oxygen atoms in total. The van der Waals surface area contributed by atoms with E-state index in [4.69, 9.17) is 29.8 Å². The number of hydrogen-bond acceptors (Lipinski definition) is 11. The van der Waals surface area contributed by atoms with E-state index in [0.29, 0.717) is 6.42 Å². The van der Waals surface area contributed by atoms with Crippen molar-refractivity contribution in [3.05, 3.63) is 0 Å². The molecule has 5 amide bonds. The number of carbonyl (C=O) groups is 7. The number of primary amides is 1. The van der Waals surface area contributed by atoms with Crippen LogP contribution in [0.1, 0.15) is 116 Å². The Morgan fingerprint density at radius 1 is 0.473 bits per heavy atom. The lowest BCUT2D eigenvalue weighted by atomic mass is 10.0. The molecule has 0 aliphatic heterocycles. The van der Waals surface area contributed by atoms with E-state index in [1.54, 1.807) is 0 Å². The van der Waals surface area contributed by atoms with Gasteiger partial charge in [0.1, 0.15) is 19.3 Å². The van der Waals surface area contributed by atoms with Crippen molar-refractivity contribution < 1.29 is 62.7 Å². The van der Waals surface area contributed by atoms with E-state index in [-0.39, 0.29) is 116 Å². The third-order valence-corrected chi connectivity index (χ3v) is 8.15. The monoisotopic (exact) mass is 789 g/mol. The molecule has 0 aromatic heterocycles. The first-order chi connectivity index (χ1) is 26.5. The summed E-state index contributed by atoms with van der Waals surface area (Å²) in [6, 6.07) is -1.14. The van der Waals surface area contributed by atoms with Crippen LogP contribution < -0.4 is 27.0 Å². The van der Waals surface area contributed by atoms with Gasteiger partial charge in [0.2, 0.25) is 29.5 Å². The zero-order chi connectivity index (χ0) is 40.8. The van der Waals surface area contributed by atoms with Gasteiger partial charge in [0.15, 0.2) is 0 Å². The molecule has 0 aliphatic rings. The lowest BCUT2D eigenvalue weighted by Gasteiger charge is -2.14. The normalized spacial score (nSPS) is 11.4. The number of carbonyl (C=O) groups excluding carboxylic acids is 5. The topological polar surface area (TPSA) is 271 Å². The molecule has 0 saturated heterocycles. The fourth-order valence-corrected chi connectivity index (χ4v) is 5.15. The number of ether oxygens (including phenoxy) is 4. The average Bonchev–Trinajstić information content (AvgIpc) is 3.14. The zero-order valence-corrected chi connectivity index (χ0v) is 32.5. The number of nitrogens with one attached hydrogen (secondary N) is 4. The Morgan fingerprint density at radius 2 is 0.891 bits per heavy atom. The largest absolute Gasteiger partial charge is 0.481 e. The summed E-state index contributed by atoms with van der Waals surface area (Å²) in [5.74, 6) is -4.05. The first-order valence-corrected chi connectivity index (χ1v) is 19.6. The molecule has 0 heterocycles. The van der Waals surface area contributed by atoms with Gasteiger partial charge in [-0.1, -0.05) is 77.0 Å². The second-order valence-electron chi connectivity index (χ2n) is 13.1. The number of rotatable bonds is 40. The molecule has 1 unspecified atom stereocenters. The highest BCUT2D eigenvalue weighted by atomic mass is 16.5. The van der Waals surface area contributed by atoms with Crippen LogP contribution in [0.3, 0.4) is 0 Å². The van der Waals surface area contributed by atoms with Gasteiger partial charge in [0, 0.05) is 32.4 Å². The lowest BCUT2D eigenvalue weighted by Crippen LogP contribution is -2.41. The number of amides is 5. The van der Waals surface area contributed by atoms with E-state index in [0.717, 1.165) is 38.5 Å². The van der Waals surface area contributed by atoms with Gasteiger partial charge in [0.25, 0.3) is 0 Å². The van der Waals surface area contributed by atoms with Crippen molar-refractivity contribution >= 4 is 41.5 Å². The van der Waals surface area contributed by atoms with Gasteiger partial charge in [-0.3, -0.25) is 28.8 Å². The van der Waals surface area contributed by atoms with Gasteiger partial charge in [-0.05, 0) is 19.3 Å². The maximum absolute atomic E-state index is 12.3. The highest BCUT2D eigenvalue weighted by Gasteiger charge is 2.20. The van der Waals surface area contributed by atoms with Crippen molar-refractivity contribution in [2.24, 2.45) is 5.73 Å². The molecule has 0 fully saturated rings. The molecular formula is C37H67N5O13. The second kappa shape index (κ2) is 37.1. The quantitative estimate of drug-likeness (QED) is 0.0435. The van der Waals surface area contributed by atoms with Crippen LogP contribution in [0.25, 0.3) is 0 Å². The van der Waals surface area contributed by atoms with Gasteiger partial charge in [-0.15, -0.1) is 0 Å². The summed E-state index contributed by atoms with van der Waals surface area (Å²) in [5, 5.41) is 28.2. The van der Waals surface area contributed by atoms with Crippen LogP contribution >= 0.6 is 0 Å². The first-order valence-electron chi connectivity index (χ1n) is 19.6. The highest BCUT2D eigenvalue weighted by Crippen LogP contribution is 2.14. The minimum Gasteiger partial charge on any atom is -0.481 e. The maximum atomic E-state index is 12.3. The van der Waals surface area contributed by atoms with Crippen molar-refractivity contribution in [1.29, 1.82) is 0 Å². The van der Waals surface area contributed by atoms with Crippen LogP contribution in [0.4, 0.5) is 0 Å². The minimum atomic E-state index is -1.19. The van der Waals surface area contributed by atoms with Gasteiger partial charge in [-0.2, -0.15) is 0 Å². The number of hydrogen-bond donors (Lipinski definition) is 7. The van der Waals surface area contributed by atoms with Gasteiger partial charge in [-0.25, -0.2) is 4.79 Å². The Labute approximate surface area is 325 Å². The molecule has 0 bridgehead atoms. The van der Waals surface area contributed by atoms with Gasteiger partial charge in [0.05, 0.1) is 46.2 Å². The first kappa shape index (κ1) is 51.1. The Bertz CT molecular complexity index is 1080. The van der Waals surface area contributed by atoms with Crippen molar-refractivity contribution in [1.82, 2.24) is 21.3 Å². The summed E-state index contributed by atoms with van der Waals surface area (Å²) < 4.78 is 21.0. The maximum Gasteiger partial charge on any atom is 0.326 e. The smallest absolute Gasteiger partial charge is 0.326 e. The molecule has 18 heteroatoms. The van der Waals surface area contributed by atoms with Crippen LogP contribution in [-0.4, -0.2) is 130 Å². The Morgan fingerprint density at radius 3 is 1.35 bits per heavy atom. The zero-order valence-electron chi connectivity index (χ0n) is 32.5. The number of unbranched alkanes of at least 4 members (excludes halogenated alkanes) is 13. The molecule has 0 rings (SSSR count). The van der Waals surface area contributed by atoms with Gasteiger partial charge < -0.3 is 56.2 Å². The number of aliphatic carboxylic acids is 2. The van der Waals surface area contributed by atoms with E-state index in [9.17, 15) is 38.7 Å². The Hall–Kier alpha value is -3.87. The minimum absolute atomic E-state index is 0.0299. The molecule has 0 aromatic carbocycles. The van der Waals surface area contributed by atoms with Crippen LogP contribution in [0.5, 0.6) is 0 Å². The second-order valence-corrected chi connectivity index (χ2v) is 13.1. The third kappa shape index (κ3) is 38.2. The van der Waals surface area contributed by atoms with Crippen LogP contribution in [0.2, 0.25) is 0 Å². The van der Waals surface area contributed by atoms with Crippen molar-refractivity contribution in [2.45, 2.75) is 122 Å². The summed E-state index contributed by atoms with van der Waals surface area (Å²) in [7, 11) is 0. The fourth-order valence-electron chi connectivity index (χ4n) is 5.15. The van der Waals surface area contributed by atoms with E-state index in [1.807, 2.05) is 0 Å². The number of nitrogens with two attached hydrogens (primary N) is 1. The molecule has 8 N–H and O–H groups in total. The number of carboxylic acid groups (broad SMARTS) is 2. The van der Waals surface area contributed by atoms with E-state index < -0.39 is 29.8 Å². The molecular weight excluding hydrogens is 722 g/mol. The Balaban J connectivity index is 3.66. The highest BCUT2D eigenvalue weighted by molar-refractivity contribution is 5.85. The standard InChI is InChI=1S/C37H67N5O13/c38-31(43)27-41-35(47)29-55-26-24-53-22-20-40-34(46)28-54-25-23-52-21-19-39-32(44)18-17-30(37(50)51)42-33(45)15-13-11-9-7-5-3-1-2-4-6-8-10-12-14-16-36(48)49/h30H,1-29H2,(H2,38,43)(H,39,44)(H,40,46)(H,41,47)(H,42,45)(H,48,49)(H,50,51). The van der Waals surface area contributed by atoms with E-state index in [1.165, 1.54) is 44.9 Å². The summed E-state index contributed by atoms with van der Waals surface area (Å²) in [6.07, 6.45) is 15.5. The van der Waals surface area contributed by atoms with E-state index >= 15 is 0 Å². The Kier molecular flexibility index (Phi) is 34.5. The van der Waals surface area contributed by atoms with Crippen molar-refractivity contribution in [3.63, 3.8) is 0 Å². The fraction of sp³-hybridized carbons (Fsp3) is 0.811. The molecule has 0 aliphatic carbocycles. The van der Waals surface area contributed by atoms with Crippen LogP contribution in [0, 0.1) is 0 Å². The van der Waals surface area contributed by atoms with E-state index in [2.05, 4.69) is 21.3 Å². The molecule has 0 aromatic rings. The summed E-state index contributed by atoms with van der Waals surface area (Å²) in [5.41, 5.74) is 4.92. The third-order valence-electron chi connectivity index (χ3n) is 8.15. The SMILES string of the molecule is NC(=O)CNC(=O)COCCOCCNC(=O)COCCOCCNC(=O)CCC(NC(=O)CCCCCCCCCCCCCCCCC(=O)O)C(=O)O. The van der Waals surface area contributed by atoms with Crippen LogP contribution in [0.15, 0.2) is 0 Å². The summed E-state index contributed by atoms with van der Waals surface area (Å²) >= 11 is 0. The predicted molar refractivity (Wildman–Crippen MR) is 202 cm³/mol. The number of carboxylic acids is 2. The molecule has 0 saturated carbocycles. The van der Waals surface area contributed by atoms with Gasteiger partial charge >= 0.3 is 11.9 Å². The average molecular weight is 790 g/mol. The molecule has 1 atom stereocenters. The van der Waals surface area contributed by atoms with Crippen LogP contribution in [-0.2, 0) is 52.5 Å². The molecule has 318 valence electrons. The molecule has 55 heavy (non-hydrogen) atoms. The lowest BCUT2D eigenvalue weighted by molar-refractivity contribution is -0.142. The van der Waals surface area contributed by atoms with Crippen molar-refractivity contribution in [2.75, 3.05) is 72.5 Å². The summed E-state index contributed by atoms with van der Waals surface area (Å²) in [6.45, 7) is 0.944. The predicted octanol–water partition coefficient (Wildman–Crippen LogP) is 1.56. The molecule has 0 radical (unpaired) electrons. The van der Waals surface area contributed by atoms with Crippen molar-refractivity contribution in [3.8, 4) is 0 Å². The summed E-state index contributed by atoms with van der Waals surface area (Å²) in [4.78, 5) is 80.2.